The predicted octanol–water partition coefficient (Wildman–Crippen LogP) is -0.344. The lowest BCUT2D eigenvalue weighted by Gasteiger charge is -2.04. The van der Waals surface area contributed by atoms with Gasteiger partial charge in [-0.2, -0.15) is 0 Å². The molecule has 1 heterocycles. The molecule has 1 aromatic heterocycles. The zero-order valence-corrected chi connectivity index (χ0v) is 10.9. The molecule has 102 valence electrons. The first-order chi connectivity index (χ1) is 8.45. The molecular formula is C10H17N3O4S. The number of carbonyl (C=O) groups excluding carboxylic acids is 1. The summed E-state index contributed by atoms with van der Waals surface area (Å²) in [6.07, 6.45) is 1.02. The second-order valence-corrected chi connectivity index (χ2v) is 5.16. The van der Waals surface area contributed by atoms with Crippen molar-refractivity contribution in [3.8, 4) is 0 Å². The second kappa shape index (κ2) is 6.53. The van der Waals surface area contributed by atoms with Crippen LogP contribution in [0, 0.1) is 0 Å². The lowest BCUT2D eigenvalue weighted by atomic mass is 10.4. The summed E-state index contributed by atoms with van der Waals surface area (Å²) in [7, 11) is -3.91. The van der Waals surface area contributed by atoms with Crippen molar-refractivity contribution in [3.63, 3.8) is 0 Å². The highest BCUT2D eigenvalue weighted by Crippen LogP contribution is 2.11. The van der Waals surface area contributed by atoms with Gasteiger partial charge in [-0.1, -0.05) is 6.92 Å². The van der Waals surface area contributed by atoms with Crippen molar-refractivity contribution in [2.24, 2.45) is 5.14 Å². The molecule has 0 fully saturated rings. The molecule has 1 rings (SSSR count). The second-order valence-electron chi connectivity index (χ2n) is 3.67. The normalized spacial score (nSPS) is 11.4. The molecule has 0 aliphatic heterocycles. The van der Waals surface area contributed by atoms with E-state index in [1.54, 1.807) is 0 Å². The summed E-state index contributed by atoms with van der Waals surface area (Å²) >= 11 is 0. The van der Waals surface area contributed by atoms with Gasteiger partial charge in [0.15, 0.2) is 5.76 Å². The van der Waals surface area contributed by atoms with Crippen LogP contribution in [0.5, 0.6) is 0 Å². The Labute approximate surface area is 106 Å². The summed E-state index contributed by atoms with van der Waals surface area (Å²) in [6.45, 7) is 4.00. The molecular weight excluding hydrogens is 258 g/mol. The Morgan fingerprint density at radius 2 is 2.06 bits per heavy atom. The lowest BCUT2D eigenvalue weighted by Crippen LogP contribution is -2.31. The predicted molar refractivity (Wildman–Crippen MR) is 65.6 cm³/mol. The number of nitrogens with two attached hydrogens (primary N) is 1. The molecule has 7 nitrogen and oxygen atoms in total. The number of hydrogen-bond acceptors (Lipinski definition) is 5. The lowest BCUT2D eigenvalue weighted by molar-refractivity contribution is 0.0921. The quantitative estimate of drug-likeness (QED) is 0.589. The van der Waals surface area contributed by atoms with Crippen LogP contribution < -0.4 is 15.8 Å². The van der Waals surface area contributed by atoms with Gasteiger partial charge >= 0.3 is 0 Å². The fourth-order valence-corrected chi connectivity index (χ4v) is 1.71. The Hall–Kier alpha value is -1.38. The van der Waals surface area contributed by atoms with E-state index >= 15 is 0 Å². The van der Waals surface area contributed by atoms with Crippen LogP contribution in [-0.2, 0) is 10.0 Å². The van der Waals surface area contributed by atoms with Crippen molar-refractivity contribution in [2.75, 3.05) is 19.6 Å². The number of nitrogens with one attached hydrogen (secondary N) is 2. The zero-order chi connectivity index (χ0) is 13.6. The number of amides is 1. The van der Waals surface area contributed by atoms with Gasteiger partial charge in [0, 0.05) is 13.1 Å². The summed E-state index contributed by atoms with van der Waals surface area (Å²) in [5.41, 5.74) is 0. The van der Waals surface area contributed by atoms with Crippen molar-refractivity contribution in [1.82, 2.24) is 10.6 Å². The summed E-state index contributed by atoms with van der Waals surface area (Å²) in [5.74, 6) is -0.544. The number of primary sulfonamides is 1. The minimum Gasteiger partial charge on any atom is -0.438 e. The monoisotopic (exact) mass is 275 g/mol. The van der Waals surface area contributed by atoms with Gasteiger partial charge in [-0.25, -0.2) is 13.6 Å². The van der Waals surface area contributed by atoms with E-state index in [0.717, 1.165) is 19.0 Å². The molecule has 8 heteroatoms. The van der Waals surface area contributed by atoms with E-state index in [-0.39, 0.29) is 5.76 Å². The molecule has 0 unspecified atom stereocenters. The molecule has 0 aromatic carbocycles. The van der Waals surface area contributed by atoms with Crippen LogP contribution in [0.1, 0.15) is 23.9 Å². The Balaban J connectivity index is 2.45. The van der Waals surface area contributed by atoms with Gasteiger partial charge in [0.2, 0.25) is 5.09 Å². The molecule has 0 spiro atoms. The zero-order valence-electron chi connectivity index (χ0n) is 10.1. The molecule has 0 radical (unpaired) electrons. The Morgan fingerprint density at radius 1 is 1.33 bits per heavy atom. The molecule has 0 atom stereocenters. The highest BCUT2D eigenvalue weighted by molar-refractivity contribution is 7.89. The molecule has 0 saturated heterocycles. The number of sulfonamides is 1. The molecule has 18 heavy (non-hydrogen) atoms. The minimum absolute atomic E-state index is 0.0745. The largest absolute Gasteiger partial charge is 0.438 e. The molecule has 4 N–H and O–H groups in total. The standard InChI is InChI=1S/C10H17N3O4S/c1-2-5-12-6-7-13-10(14)8-3-4-9(17-8)18(11,15)16/h3-4,12H,2,5-7H2,1H3,(H,13,14)(H2,11,15,16). The van der Waals surface area contributed by atoms with E-state index < -0.39 is 21.0 Å². The van der Waals surface area contributed by atoms with Crippen LogP contribution in [-0.4, -0.2) is 34.0 Å². The van der Waals surface area contributed by atoms with Crippen molar-refractivity contribution < 1.29 is 17.6 Å². The fourth-order valence-electron chi connectivity index (χ4n) is 1.25. The summed E-state index contributed by atoms with van der Waals surface area (Å²) in [6, 6.07) is 2.42. The Morgan fingerprint density at radius 3 is 2.61 bits per heavy atom. The number of hydrogen-bond donors (Lipinski definition) is 3. The van der Waals surface area contributed by atoms with E-state index in [0.29, 0.717) is 13.1 Å². The fraction of sp³-hybridized carbons (Fsp3) is 0.500. The summed E-state index contributed by atoms with van der Waals surface area (Å²) < 4.78 is 26.7. The van der Waals surface area contributed by atoms with Gasteiger partial charge in [0.05, 0.1) is 0 Å². The summed E-state index contributed by atoms with van der Waals surface area (Å²) in [5, 5.41) is 10.1. The number of furan rings is 1. The van der Waals surface area contributed by atoms with E-state index in [2.05, 4.69) is 10.6 Å². The Kier molecular flexibility index (Phi) is 5.32. The molecule has 0 bridgehead atoms. The van der Waals surface area contributed by atoms with Crippen LogP contribution in [0.15, 0.2) is 21.6 Å². The van der Waals surface area contributed by atoms with Gasteiger partial charge in [0.1, 0.15) is 0 Å². The third kappa shape index (κ3) is 4.47. The van der Waals surface area contributed by atoms with E-state index in [1.807, 2.05) is 6.92 Å². The van der Waals surface area contributed by atoms with Gasteiger partial charge in [0.25, 0.3) is 15.9 Å². The highest BCUT2D eigenvalue weighted by Gasteiger charge is 2.16. The van der Waals surface area contributed by atoms with Crippen LogP contribution in [0.2, 0.25) is 0 Å². The van der Waals surface area contributed by atoms with Crippen LogP contribution in [0.4, 0.5) is 0 Å². The molecule has 1 aromatic rings. The van der Waals surface area contributed by atoms with Gasteiger partial charge < -0.3 is 15.1 Å². The van der Waals surface area contributed by atoms with E-state index in [1.165, 1.54) is 6.07 Å². The molecule has 0 saturated carbocycles. The minimum atomic E-state index is -3.91. The average Bonchev–Trinajstić information content (AvgIpc) is 2.77. The third-order valence-corrected chi connectivity index (χ3v) is 2.88. The highest BCUT2D eigenvalue weighted by atomic mass is 32.2. The third-order valence-electron chi connectivity index (χ3n) is 2.10. The van der Waals surface area contributed by atoms with Crippen LogP contribution in [0.25, 0.3) is 0 Å². The number of carbonyl (C=O) groups is 1. The Bertz CT molecular complexity index is 495. The van der Waals surface area contributed by atoms with E-state index in [9.17, 15) is 13.2 Å². The van der Waals surface area contributed by atoms with Crippen molar-refractivity contribution in [2.45, 2.75) is 18.4 Å². The van der Waals surface area contributed by atoms with Crippen molar-refractivity contribution in [3.05, 3.63) is 17.9 Å². The topological polar surface area (TPSA) is 114 Å². The maximum atomic E-state index is 11.5. The van der Waals surface area contributed by atoms with Crippen molar-refractivity contribution >= 4 is 15.9 Å². The first kappa shape index (κ1) is 14.7. The maximum absolute atomic E-state index is 11.5. The van der Waals surface area contributed by atoms with Crippen molar-refractivity contribution in [1.29, 1.82) is 0 Å². The van der Waals surface area contributed by atoms with Gasteiger partial charge in [-0.15, -0.1) is 0 Å². The first-order valence-electron chi connectivity index (χ1n) is 5.56. The van der Waals surface area contributed by atoms with Crippen LogP contribution in [0.3, 0.4) is 0 Å². The molecule has 0 aliphatic carbocycles. The first-order valence-corrected chi connectivity index (χ1v) is 7.11. The van der Waals surface area contributed by atoms with E-state index in [4.69, 9.17) is 9.56 Å². The van der Waals surface area contributed by atoms with Gasteiger partial charge in [-0.3, -0.25) is 4.79 Å². The molecule has 0 aliphatic rings. The summed E-state index contributed by atoms with van der Waals surface area (Å²) in [4.78, 5) is 11.5. The van der Waals surface area contributed by atoms with Crippen LogP contribution >= 0.6 is 0 Å². The maximum Gasteiger partial charge on any atom is 0.287 e. The average molecular weight is 275 g/mol. The SMILES string of the molecule is CCCNCCNC(=O)c1ccc(S(N)(=O)=O)o1. The van der Waals surface area contributed by atoms with Gasteiger partial charge in [-0.05, 0) is 25.1 Å². The molecule has 1 amide bonds. The smallest absolute Gasteiger partial charge is 0.287 e. The number of rotatable bonds is 7.